The van der Waals surface area contributed by atoms with Gasteiger partial charge in [-0.1, -0.05) is 30.3 Å². The van der Waals surface area contributed by atoms with Crippen LogP contribution in [0.3, 0.4) is 0 Å². The quantitative estimate of drug-likeness (QED) is 0.866. The second-order valence-electron chi connectivity index (χ2n) is 6.64. The van der Waals surface area contributed by atoms with Crippen molar-refractivity contribution in [3.05, 3.63) is 48.3 Å². The van der Waals surface area contributed by atoms with Crippen LogP contribution in [0.1, 0.15) is 30.6 Å². The van der Waals surface area contributed by atoms with E-state index >= 15 is 0 Å². The highest BCUT2D eigenvalue weighted by atomic mass is 16.2. The predicted octanol–water partition coefficient (Wildman–Crippen LogP) is 1.55. The fourth-order valence-corrected chi connectivity index (χ4v) is 3.41. The van der Waals surface area contributed by atoms with E-state index in [1.807, 2.05) is 44.2 Å². The number of likely N-dealkylation sites (N-methyl/N-ethyl adjacent to an activating group) is 1. The summed E-state index contributed by atoms with van der Waals surface area (Å²) in [5.41, 5.74) is 7.30. The van der Waals surface area contributed by atoms with Crippen LogP contribution in [0.15, 0.2) is 42.7 Å². The first kappa shape index (κ1) is 19.0. The number of rotatable bonds is 5. The number of amides is 2. The van der Waals surface area contributed by atoms with Crippen molar-refractivity contribution in [3.8, 4) is 11.4 Å². The molecule has 27 heavy (non-hydrogen) atoms. The lowest BCUT2D eigenvalue weighted by Gasteiger charge is -2.28. The smallest absolute Gasteiger partial charge is 0.257 e. The number of hydrogen-bond acceptors (Lipinski definition) is 5. The summed E-state index contributed by atoms with van der Waals surface area (Å²) in [5.74, 6) is 0.247. The van der Waals surface area contributed by atoms with Crippen molar-refractivity contribution in [3.63, 3.8) is 0 Å². The van der Waals surface area contributed by atoms with Crippen LogP contribution in [0.4, 0.5) is 0 Å². The monoisotopic (exact) mass is 367 g/mol. The van der Waals surface area contributed by atoms with E-state index < -0.39 is 6.04 Å². The van der Waals surface area contributed by atoms with Gasteiger partial charge in [0.1, 0.15) is 6.04 Å². The summed E-state index contributed by atoms with van der Waals surface area (Å²) in [4.78, 5) is 37.7. The SMILES string of the molecule is CCN(CC)C(=O)[C@@H]1C[C@@H](N)CN1C(=O)c1cnc(-c2ccccc2)nc1. The largest absolute Gasteiger partial charge is 0.341 e. The van der Waals surface area contributed by atoms with Crippen molar-refractivity contribution >= 4 is 11.8 Å². The molecule has 142 valence electrons. The third-order valence-corrected chi connectivity index (χ3v) is 4.89. The van der Waals surface area contributed by atoms with Crippen LogP contribution in [-0.4, -0.2) is 63.3 Å². The molecule has 0 aliphatic carbocycles. The number of nitrogens with zero attached hydrogens (tertiary/aromatic N) is 4. The van der Waals surface area contributed by atoms with Gasteiger partial charge in [-0.05, 0) is 20.3 Å². The van der Waals surface area contributed by atoms with Crippen LogP contribution in [0.5, 0.6) is 0 Å². The molecule has 1 aromatic carbocycles. The van der Waals surface area contributed by atoms with Crippen LogP contribution in [0.2, 0.25) is 0 Å². The summed E-state index contributed by atoms with van der Waals surface area (Å²) >= 11 is 0. The van der Waals surface area contributed by atoms with Crippen molar-refractivity contribution in [2.24, 2.45) is 5.73 Å². The van der Waals surface area contributed by atoms with E-state index in [2.05, 4.69) is 9.97 Å². The van der Waals surface area contributed by atoms with E-state index in [0.29, 0.717) is 37.4 Å². The third kappa shape index (κ3) is 3.98. The Kier molecular flexibility index (Phi) is 5.81. The molecule has 2 N–H and O–H groups in total. The lowest BCUT2D eigenvalue weighted by Crippen LogP contribution is -2.47. The molecule has 7 heteroatoms. The summed E-state index contributed by atoms with van der Waals surface area (Å²) in [6, 6.07) is 8.83. The molecule has 2 aromatic rings. The normalized spacial score (nSPS) is 19.1. The Hall–Kier alpha value is -2.80. The highest BCUT2D eigenvalue weighted by Gasteiger charge is 2.40. The van der Waals surface area contributed by atoms with Gasteiger partial charge in [0.2, 0.25) is 5.91 Å². The molecule has 0 unspecified atom stereocenters. The molecule has 0 bridgehead atoms. The number of carbonyl (C=O) groups excluding carboxylic acids is 2. The summed E-state index contributed by atoms with van der Waals surface area (Å²) in [6.45, 7) is 5.43. The molecular weight excluding hydrogens is 342 g/mol. The second-order valence-corrected chi connectivity index (χ2v) is 6.64. The van der Waals surface area contributed by atoms with Gasteiger partial charge in [0.15, 0.2) is 5.82 Å². The Bertz CT molecular complexity index is 790. The van der Waals surface area contributed by atoms with E-state index in [9.17, 15) is 9.59 Å². The first-order valence-electron chi connectivity index (χ1n) is 9.27. The molecule has 3 rings (SSSR count). The molecule has 1 aromatic heterocycles. The summed E-state index contributed by atoms with van der Waals surface area (Å²) in [6.07, 6.45) is 3.50. The standard InChI is InChI=1S/C20H25N5O2/c1-3-24(4-2)20(27)17-10-16(21)13-25(17)19(26)15-11-22-18(23-12-15)14-8-6-5-7-9-14/h5-9,11-12,16-17H,3-4,10,13,21H2,1-2H3/t16-,17+/m1/s1. The minimum Gasteiger partial charge on any atom is -0.341 e. The maximum Gasteiger partial charge on any atom is 0.257 e. The van der Waals surface area contributed by atoms with E-state index in [4.69, 9.17) is 5.73 Å². The van der Waals surface area contributed by atoms with Gasteiger partial charge in [0, 0.05) is 43.6 Å². The number of nitrogens with two attached hydrogens (primary N) is 1. The predicted molar refractivity (Wildman–Crippen MR) is 103 cm³/mol. The van der Waals surface area contributed by atoms with Gasteiger partial charge in [-0.2, -0.15) is 0 Å². The zero-order valence-electron chi connectivity index (χ0n) is 15.7. The van der Waals surface area contributed by atoms with Gasteiger partial charge in [-0.25, -0.2) is 9.97 Å². The van der Waals surface area contributed by atoms with Crippen LogP contribution in [-0.2, 0) is 4.79 Å². The summed E-state index contributed by atoms with van der Waals surface area (Å²) in [7, 11) is 0. The lowest BCUT2D eigenvalue weighted by atomic mass is 10.1. The van der Waals surface area contributed by atoms with Crippen molar-refractivity contribution in [1.82, 2.24) is 19.8 Å². The van der Waals surface area contributed by atoms with Gasteiger partial charge in [0.05, 0.1) is 5.56 Å². The van der Waals surface area contributed by atoms with Crippen molar-refractivity contribution in [1.29, 1.82) is 0 Å². The van der Waals surface area contributed by atoms with E-state index in [1.54, 1.807) is 9.80 Å². The zero-order valence-corrected chi connectivity index (χ0v) is 15.7. The maximum atomic E-state index is 13.0. The topological polar surface area (TPSA) is 92.4 Å². The van der Waals surface area contributed by atoms with Crippen LogP contribution in [0, 0.1) is 0 Å². The second kappa shape index (κ2) is 8.26. The first-order valence-corrected chi connectivity index (χ1v) is 9.27. The van der Waals surface area contributed by atoms with Gasteiger partial charge < -0.3 is 15.5 Å². The first-order chi connectivity index (χ1) is 13.0. The van der Waals surface area contributed by atoms with Gasteiger partial charge >= 0.3 is 0 Å². The number of likely N-dealkylation sites (tertiary alicyclic amines) is 1. The number of benzene rings is 1. The zero-order chi connectivity index (χ0) is 19.4. The molecular formula is C20H25N5O2. The van der Waals surface area contributed by atoms with Gasteiger partial charge in [0.25, 0.3) is 5.91 Å². The Morgan fingerprint density at radius 3 is 2.37 bits per heavy atom. The molecule has 1 fully saturated rings. The van der Waals surface area contributed by atoms with Crippen molar-refractivity contribution in [2.75, 3.05) is 19.6 Å². The Morgan fingerprint density at radius 1 is 1.15 bits per heavy atom. The number of hydrogen-bond donors (Lipinski definition) is 1. The van der Waals surface area contributed by atoms with E-state index in [-0.39, 0.29) is 17.9 Å². The van der Waals surface area contributed by atoms with Crippen LogP contribution >= 0.6 is 0 Å². The summed E-state index contributed by atoms with van der Waals surface area (Å²) in [5, 5.41) is 0. The van der Waals surface area contributed by atoms with E-state index in [1.165, 1.54) is 12.4 Å². The highest BCUT2D eigenvalue weighted by Crippen LogP contribution is 2.22. The van der Waals surface area contributed by atoms with Crippen LogP contribution in [0.25, 0.3) is 11.4 Å². The molecule has 0 saturated carbocycles. The maximum absolute atomic E-state index is 13.0. The third-order valence-electron chi connectivity index (χ3n) is 4.89. The number of aromatic nitrogens is 2. The molecule has 1 aliphatic heterocycles. The molecule has 2 amide bonds. The molecule has 0 spiro atoms. The summed E-state index contributed by atoms with van der Waals surface area (Å²) < 4.78 is 0. The lowest BCUT2D eigenvalue weighted by molar-refractivity contribution is -0.134. The van der Waals surface area contributed by atoms with Gasteiger partial charge in [-0.15, -0.1) is 0 Å². The average molecular weight is 367 g/mol. The fourth-order valence-electron chi connectivity index (χ4n) is 3.41. The number of carbonyl (C=O) groups is 2. The molecule has 2 atom stereocenters. The fraction of sp³-hybridized carbons (Fsp3) is 0.400. The molecule has 0 radical (unpaired) electrons. The Labute approximate surface area is 159 Å². The molecule has 1 aliphatic rings. The van der Waals surface area contributed by atoms with Crippen molar-refractivity contribution in [2.45, 2.75) is 32.4 Å². The minimum atomic E-state index is -0.527. The van der Waals surface area contributed by atoms with E-state index in [0.717, 1.165) is 5.56 Å². The minimum absolute atomic E-state index is 0.0527. The van der Waals surface area contributed by atoms with Crippen molar-refractivity contribution < 1.29 is 9.59 Å². The highest BCUT2D eigenvalue weighted by molar-refractivity contribution is 5.97. The van der Waals surface area contributed by atoms with Crippen LogP contribution < -0.4 is 5.73 Å². The van der Waals surface area contributed by atoms with Gasteiger partial charge in [-0.3, -0.25) is 9.59 Å². The molecule has 2 heterocycles. The Balaban J connectivity index is 1.80. The molecule has 7 nitrogen and oxygen atoms in total. The molecule has 1 saturated heterocycles. The Morgan fingerprint density at radius 2 is 1.78 bits per heavy atom. The average Bonchev–Trinajstić information content (AvgIpc) is 3.11.